The van der Waals surface area contributed by atoms with Crippen molar-refractivity contribution in [3.8, 4) is 5.82 Å². The van der Waals surface area contributed by atoms with E-state index < -0.39 is 0 Å². The van der Waals surface area contributed by atoms with Gasteiger partial charge in [-0.2, -0.15) is 0 Å². The van der Waals surface area contributed by atoms with Crippen LogP contribution in [0.3, 0.4) is 0 Å². The summed E-state index contributed by atoms with van der Waals surface area (Å²) >= 11 is 0. The van der Waals surface area contributed by atoms with Gasteiger partial charge in [0.05, 0.1) is 11.9 Å². The Morgan fingerprint density at radius 1 is 1.07 bits per heavy atom. The molecule has 3 aromatic rings. The minimum atomic E-state index is -0.298. The zero-order valence-electron chi connectivity index (χ0n) is 15.3. The van der Waals surface area contributed by atoms with Crippen LogP contribution in [-0.4, -0.2) is 32.9 Å². The average Bonchev–Trinajstić information content (AvgIpc) is 3.12. The number of benzene rings is 1. The van der Waals surface area contributed by atoms with E-state index in [1.807, 2.05) is 24.6 Å². The molecule has 1 aromatic carbocycles. The first-order chi connectivity index (χ1) is 13.1. The molecular formula is C20H21N5O2. The molecular weight excluding hydrogens is 342 g/mol. The highest BCUT2D eigenvalue weighted by Crippen LogP contribution is 2.13. The van der Waals surface area contributed by atoms with Gasteiger partial charge in [0, 0.05) is 30.1 Å². The SMILES string of the molecule is CCCNC(=O)c1cccc(C(=O)Nc2ccc(-n3ccnc3C)nc2)c1. The number of anilines is 1. The highest BCUT2D eigenvalue weighted by molar-refractivity contribution is 6.06. The summed E-state index contributed by atoms with van der Waals surface area (Å²) in [6, 6.07) is 10.2. The van der Waals surface area contributed by atoms with Crippen LogP contribution >= 0.6 is 0 Å². The molecule has 0 saturated heterocycles. The second-order valence-corrected chi connectivity index (χ2v) is 6.04. The fraction of sp³-hybridized carbons (Fsp3) is 0.200. The third-order valence-corrected chi connectivity index (χ3v) is 4.00. The highest BCUT2D eigenvalue weighted by Gasteiger charge is 2.11. The molecule has 0 atom stereocenters. The molecule has 138 valence electrons. The molecule has 27 heavy (non-hydrogen) atoms. The van der Waals surface area contributed by atoms with Gasteiger partial charge in [0.15, 0.2) is 0 Å². The number of nitrogens with zero attached hydrogens (tertiary/aromatic N) is 3. The Balaban J connectivity index is 1.70. The summed E-state index contributed by atoms with van der Waals surface area (Å²) in [4.78, 5) is 33.1. The van der Waals surface area contributed by atoms with Gasteiger partial charge in [-0.25, -0.2) is 9.97 Å². The molecule has 0 unspecified atom stereocenters. The summed E-state index contributed by atoms with van der Waals surface area (Å²) in [6.45, 7) is 4.47. The van der Waals surface area contributed by atoms with E-state index in [4.69, 9.17) is 0 Å². The van der Waals surface area contributed by atoms with Gasteiger partial charge in [0.2, 0.25) is 0 Å². The second-order valence-electron chi connectivity index (χ2n) is 6.04. The molecule has 0 bridgehead atoms. The van der Waals surface area contributed by atoms with Crippen molar-refractivity contribution in [1.29, 1.82) is 0 Å². The maximum Gasteiger partial charge on any atom is 0.255 e. The van der Waals surface area contributed by atoms with Crippen molar-refractivity contribution in [3.63, 3.8) is 0 Å². The number of amides is 2. The second kappa shape index (κ2) is 8.27. The van der Waals surface area contributed by atoms with E-state index in [-0.39, 0.29) is 11.8 Å². The Kier molecular flexibility index (Phi) is 5.61. The van der Waals surface area contributed by atoms with E-state index in [2.05, 4.69) is 20.6 Å². The number of aryl methyl sites for hydroxylation is 1. The Bertz CT molecular complexity index is 947. The summed E-state index contributed by atoms with van der Waals surface area (Å²) in [6.07, 6.45) is 5.97. The summed E-state index contributed by atoms with van der Waals surface area (Å²) in [5.74, 6) is 1.07. The smallest absolute Gasteiger partial charge is 0.255 e. The topological polar surface area (TPSA) is 88.9 Å². The van der Waals surface area contributed by atoms with Crippen molar-refractivity contribution in [2.24, 2.45) is 0 Å². The third-order valence-electron chi connectivity index (χ3n) is 4.00. The largest absolute Gasteiger partial charge is 0.352 e. The van der Waals surface area contributed by atoms with Crippen LogP contribution in [0.1, 0.15) is 39.9 Å². The van der Waals surface area contributed by atoms with Crippen molar-refractivity contribution in [2.75, 3.05) is 11.9 Å². The molecule has 2 amide bonds. The van der Waals surface area contributed by atoms with Gasteiger partial charge in [0.1, 0.15) is 11.6 Å². The van der Waals surface area contributed by atoms with Crippen LogP contribution in [0.4, 0.5) is 5.69 Å². The van der Waals surface area contributed by atoms with E-state index in [0.717, 1.165) is 18.1 Å². The van der Waals surface area contributed by atoms with Gasteiger partial charge in [-0.05, 0) is 43.7 Å². The third kappa shape index (κ3) is 4.38. The fourth-order valence-electron chi connectivity index (χ4n) is 2.57. The molecule has 7 heteroatoms. The molecule has 2 aromatic heterocycles. The Morgan fingerprint density at radius 3 is 2.48 bits per heavy atom. The minimum Gasteiger partial charge on any atom is -0.352 e. The monoisotopic (exact) mass is 363 g/mol. The standard InChI is InChI=1S/C20H21N5O2/c1-3-9-22-19(26)15-5-4-6-16(12-15)20(27)24-17-7-8-18(23-13-17)25-11-10-21-14(25)2/h4-8,10-13H,3,9H2,1-2H3,(H,22,26)(H,24,27). The zero-order chi connectivity index (χ0) is 19.2. The molecule has 7 nitrogen and oxygen atoms in total. The number of nitrogens with one attached hydrogen (secondary N) is 2. The molecule has 0 aliphatic heterocycles. The number of aromatic nitrogens is 3. The van der Waals surface area contributed by atoms with Crippen molar-refractivity contribution in [2.45, 2.75) is 20.3 Å². The van der Waals surface area contributed by atoms with Crippen molar-refractivity contribution in [3.05, 3.63) is 71.9 Å². The Hall–Kier alpha value is -3.48. The van der Waals surface area contributed by atoms with Crippen LogP contribution in [0.25, 0.3) is 5.82 Å². The Labute approximate surface area is 157 Å². The number of hydrogen-bond acceptors (Lipinski definition) is 4. The number of imidazole rings is 1. The number of carbonyl (C=O) groups is 2. The summed E-state index contributed by atoms with van der Waals surface area (Å²) in [5, 5.41) is 5.60. The quantitative estimate of drug-likeness (QED) is 0.705. The van der Waals surface area contributed by atoms with Gasteiger partial charge < -0.3 is 10.6 Å². The van der Waals surface area contributed by atoms with Crippen LogP contribution in [0.5, 0.6) is 0 Å². The lowest BCUT2D eigenvalue weighted by atomic mass is 10.1. The molecule has 0 spiro atoms. The zero-order valence-corrected chi connectivity index (χ0v) is 15.3. The lowest BCUT2D eigenvalue weighted by Crippen LogP contribution is -2.24. The van der Waals surface area contributed by atoms with Gasteiger partial charge in [0.25, 0.3) is 11.8 Å². The normalized spacial score (nSPS) is 10.4. The number of rotatable bonds is 6. The van der Waals surface area contributed by atoms with Crippen molar-refractivity contribution >= 4 is 17.5 Å². The van der Waals surface area contributed by atoms with E-state index in [1.54, 1.807) is 48.8 Å². The first-order valence-electron chi connectivity index (χ1n) is 8.74. The van der Waals surface area contributed by atoms with Crippen LogP contribution in [0, 0.1) is 6.92 Å². The number of hydrogen-bond donors (Lipinski definition) is 2. The van der Waals surface area contributed by atoms with Gasteiger partial charge in [-0.1, -0.05) is 13.0 Å². The maximum atomic E-state index is 12.5. The average molecular weight is 363 g/mol. The fourth-order valence-corrected chi connectivity index (χ4v) is 2.57. The molecule has 3 rings (SSSR count). The molecule has 0 aliphatic carbocycles. The van der Waals surface area contributed by atoms with Crippen LogP contribution in [0.15, 0.2) is 55.0 Å². The van der Waals surface area contributed by atoms with Crippen molar-refractivity contribution in [1.82, 2.24) is 19.9 Å². The number of carbonyl (C=O) groups excluding carboxylic acids is 2. The van der Waals surface area contributed by atoms with Gasteiger partial charge in [-0.3, -0.25) is 14.2 Å². The van der Waals surface area contributed by atoms with E-state index in [0.29, 0.717) is 23.4 Å². The summed E-state index contributed by atoms with van der Waals surface area (Å²) < 4.78 is 1.85. The Morgan fingerprint density at radius 2 is 1.85 bits per heavy atom. The lowest BCUT2D eigenvalue weighted by molar-refractivity contribution is 0.0953. The van der Waals surface area contributed by atoms with E-state index >= 15 is 0 Å². The van der Waals surface area contributed by atoms with Crippen molar-refractivity contribution < 1.29 is 9.59 Å². The van der Waals surface area contributed by atoms with Crippen LogP contribution in [0.2, 0.25) is 0 Å². The predicted octanol–water partition coefficient (Wildman–Crippen LogP) is 2.97. The summed E-state index contributed by atoms with van der Waals surface area (Å²) in [7, 11) is 0. The molecule has 0 aliphatic rings. The van der Waals surface area contributed by atoms with E-state index in [9.17, 15) is 9.59 Å². The molecule has 2 N–H and O–H groups in total. The molecule has 0 fully saturated rings. The number of pyridine rings is 1. The summed E-state index contributed by atoms with van der Waals surface area (Å²) in [5.41, 5.74) is 1.44. The van der Waals surface area contributed by atoms with Gasteiger partial charge >= 0.3 is 0 Å². The first kappa shape index (κ1) is 18.3. The molecule has 0 saturated carbocycles. The minimum absolute atomic E-state index is 0.187. The van der Waals surface area contributed by atoms with E-state index in [1.165, 1.54) is 0 Å². The predicted molar refractivity (Wildman–Crippen MR) is 103 cm³/mol. The lowest BCUT2D eigenvalue weighted by Gasteiger charge is -2.09. The first-order valence-corrected chi connectivity index (χ1v) is 8.74. The van der Waals surface area contributed by atoms with Crippen LogP contribution in [-0.2, 0) is 0 Å². The van der Waals surface area contributed by atoms with Gasteiger partial charge in [-0.15, -0.1) is 0 Å². The van der Waals surface area contributed by atoms with Crippen LogP contribution < -0.4 is 10.6 Å². The molecule has 2 heterocycles. The maximum absolute atomic E-state index is 12.5. The molecule has 0 radical (unpaired) electrons. The highest BCUT2D eigenvalue weighted by atomic mass is 16.2.